The molecule has 0 aliphatic heterocycles. The predicted octanol–water partition coefficient (Wildman–Crippen LogP) is 1.65. The third kappa shape index (κ3) is 3.20. The Bertz CT molecular complexity index is 819. The number of aliphatic hydroxyl groups is 1. The molecule has 0 bridgehead atoms. The van der Waals surface area contributed by atoms with Crippen LogP contribution in [0.1, 0.15) is 22.3 Å². The number of aliphatic hydroxyl groups excluding tert-OH is 1. The quantitative estimate of drug-likeness (QED) is 0.779. The molecule has 1 aromatic heterocycles. The van der Waals surface area contributed by atoms with E-state index < -0.39 is 5.56 Å². The zero-order valence-corrected chi connectivity index (χ0v) is 13.1. The number of benzene rings is 1. The van der Waals surface area contributed by atoms with Crippen molar-refractivity contribution in [1.82, 2.24) is 4.57 Å². The lowest BCUT2D eigenvalue weighted by atomic mass is 10.0. The molecular formula is C17H19N3O3. The van der Waals surface area contributed by atoms with Gasteiger partial charge in [0.1, 0.15) is 11.6 Å². The highest BCUT2D eigenvalue weighted by Crippen LogP contribution is 2.23. The summed E-state index contributed by atoms with van der Waals surface area (Å²) in [6.07, 6.45) is 0. The van der Waals surface area contributed by atoms with Gasteiger partial charge in [-0.15, -0.1) is 0 Å². The van der Waals surface area contributed by atoms with Crippen LogP contribution in [0.15, 0.2) is 29.1 Å². The second kappa shape index (κ2) is 6.99. The highest BCUT2D eigenvalue weighted by molar-refractivity contribution is 5.53. The average molecular weight is 313 g/mol. The van der Waals surface area contributed by atoms with E-state index in [2.05, 4.69) is 5.32 Å². The predicted molar refractivity (Wildman–Crippen MR) is 87.4 cm³/mol. The summed E-state index contributed by atoms with van der Waals surface area (Å²) in [5.41, 5.74) is 2.27. The van der Waals surface area contributed by atoms with Gasteiger partial charge in [-0.05, 0) is 31.0 Å². The van der Waals surface area contributed by atoms with Crippen LogP contribution in [0.25, 0.3) is 0 Å². The lowest BCUT2D eigenvalue weighted by Gasteiger charge is -2.17. The van der Waals surface area contributed by atoms with Crippen molar-refractivity contribution in [2.24, 2.45) is 0 Å². The van der Waals surface area contributed by atoms with Gasteiger partial charge in [-0.25, -0.2) is 0 Å². The number of para-hydroxylation sites is 1. The van der Waals surface area contributed by atoms with E-state index in [1.807, 2.05) is 37.3 Å². The third-order valence-corrected chi connectivity index (χ3v) is 3.85. The largest absolute Gasteiger partial charge is 0.494 e. The van der Waals surface area contributed by atoms with E-state index in [4.69, 9.17) is 5.11 Å². The molecule has 2 rings (SSSR count). The molecule has 120 valence electrons. The second-order valence-corrected chi connectivity index (χ2v) is 5.26. The Hall–Kier alpha value is -2.78. The Balaban J connectivity index is 2.46. The molecule has 1 heterocycles. The standard InChI is InChI=1S/C17H19N3O3/c1-11-5-3-4-6-15(11)19-10-14-12(2)13(9-18)16(22)20(7-8-21)17(14)23/h3-6,19,21,23H,7-8,10H2,1-2H3. The number of nitriles is 1. The number of hydrogen-bond donors (Lipinski definition) is 3. The molecular weight excluding hydrogens is 294 g/mol. The first-order chi connectivity index (χ1) is 11.0. The van der Waals surface area contributed by atoms with Crippen molar-refractivity contribution in [3.8, 4) is 11.9 Å². The number of aromatic nitrogens is 1. The summed E-state index contributed by atoms with van der Waals surface area (Å²) in [7, 11) is 0. The van der Waals surface area contributed by atoms with Gasteiger partial charge in [0.2, 0.25) is 0 Å². The number of pyridine rings is 1. The minimum Gasteiger partial charge on any atom is -0.494 e. The van der Waals surface area contributed by atoms with Gasteiger partial charge in [-0.2, -0.15) is 5.26 Å². The molecule has 2 aromatic rings. The van der Waals surface area contributed by atoms with E-state index in [0.717, 1.165) is 15.8 Å². The molecule has 0 aliphatic carbocycles. The van der Waals surface area contributed by atoms with Gasteiger partial charge in [-0.3, -0.25) is 9.36 Å². The Kier molecular flexibility index (Phi) is 5.04. The van der Waals surface area contributed by atoms with Crippen molar-refractivity contribution in [3.05, 3.63) is 56.9 Å². The molecule has 1 aromatic carbocycles. The molecule has 0 saturated carbocycles. The van der Waals surface area contributed by atoms with E-state index in [1.165, 1.54) is 0 Å². The molecule has 0 fully saturated rings. The van der Waals surface area contributed by atoms with E-state index in [9.17, 15) is 15.2 Å². The molecule has 0 aliphatic rings. The number of aryl methyl sites for hydroxylation is 1. The fourth-order valence-corrected chi connectivity index (χ4v) is 2.48. The van der Waals surface area contributed by atoms with Gasteiger partial charge in [0.25, 0.3) is 5.56 Å². The lowest BCUT2D eigenvalue weighted by Crippen LogP contribution is -2.27. The highest BCUT2D eigenvalue weighted by atomic mass is 16.3. The van der Waals surface area contributed by atoms with Crippen LogP contribution in [-0.2, 0) is 13.1 Å². The first-order valence-corrected chi connectivity index (χ1v) is 7.27. The molecule has 0 atom stereocenters. The van der Waals surface area contributed by atoms with Gasteiger partial charge < -0.3 is 15.5 Å². The number of nitrogens with one attached hydrogen (secondary N) is 1. The monoisotopic (exact) mass is 313 g/mol. The van der Waals surface area contributed by atoms with E-state index in [1.54, 1.807) is 6.92 Å². The number of hydrogen-bond acceptors (Lipinski definition) is 5. The summed E-state index contributed by atoms with van der Waals surface area (Å²) in [5, 5.41) is 31.8. The highest BCUT2D eigenvalue weighted by Gasteiger charge is 2.18. The molecule has 3 N–H and O–H groups in total. The summed E-state index contributed by atoms with van der Waals surface area (Å²) in [6, 6.07) is 9.59. The van der Waals surface area contributed by atoms with Crippen LogP contribution in [0.5, 0.6) is 5.88 Å². The number of anilines is 1. The maximum Gasteiger partial charge on any atom is 0.271 e. The van der Waals surface area contributed by atoms with Gasteiger partial charge >= 0.3 is 0 Å². The SMILES string of the molecule is Cc1ccccc1NCc1c(C)c(C#N)c(=O)n(CCO)c1O. The number of rotatable bonds is 5. The summed E-state index contributed by atoms with van der Waals surface area (Å²) in [4.78, 5) is 12.2. The van der Waals surface area contributed by atoms with Crippen LogP contribution in [0, 0.1) is 25.2 Å². The van der Waals surface area contributed by atoms with Crippen molar-refractivity contribution >= 4 is 5.69 Å². The molecule has 0 amide bonds. The first kappa shape index (κ1) is 16.6. The molecule has 23 heavy (non-hydrogen) atoms. The summed E-state index contributed by atoms with van der Waals surface area (Å²) in [6.45, 7) is 3.51. The van der Waals surface area contributed by atoms with E-state index in [0.29, 0.717) is 11.1 Å². The third-order valence-electron chi connectivity index (χ3n) is 3.85. The minimum atomic E-state index is -0.587. The molecule has 0 radical (unpaired) electrons. The zero-order chi connectivity index (χ0) is 17.0. The Morgan fingerprint density at radius 2 is 2.00 bits per heavy atom. The summed E-state index contributed by atoms with van der Waals surface area (Å²) < 4.78 is 1.03. The van der Waals surface area contributed by atoms with Crippen LogP contribution < -0.4 is 10.9 Å². The van der Waals surface area contributed by atoms with Gasteiger partial charge in [0.15, 0.2) is 5.88 Å². The van der Waals surface area contributed by atoms with Crippen LogP contribution in [0.3, 0.4) is 0 Å². The lowest BCUT2D eigenvalue weighted by molar-refractivity contribution is 0.263. The van der Waals surface area contributed by atoms with Crippen LogP contribution in [-0.4, -0.2) is 21.4 Å². The van der Waals surface area contributed by atoms with Crippen LogP contribution >= 0.6 is 0 Å². The minimum absolute atomic E-state index is 0.0159. The van der Waals surface area contributed by atoms with Gasteiger partial charge in [0, 0.05) is 17.8 Å². The second-order valence-electron chi connectivity index (χ2n) is 5.26. The van der Waals surface area contributed by atoms with E-state index in [-0.39, 0.29) is 31.1 Å². The van der Waals surface area contributed by atoms with Gasteiger partial charge in [-0.1, -0.05) is 18.2 Å². The fourth-order valence-electron chi connectivity index (χ4n) is 2.48. The molecule has 0 unspecified atom stereocenters. The average Bonchev–Trinajstić information content (AvgIpc) is 2.53. The number of nitrogens with zero attached hydrogens (tertiary/aromatic N) is 2. The number of aromatic hydroxyl groups is 1. The maximum atomic E-state index is 12.2. The van der Waals surface area contributed by atoms with Crippen LogP contribution in [0.4, 0.5) is 5.69 Å². The van der Waals surface area contributed by atoms with Crippen molar-refractivity contribution in [2.45, 2.75) is 26.9 Å². The molecule has 6 heteroatoms. The van der Waals surface area contributed by atoms with Crippen molar-refractivity contribution in [3.63, 3.8) is 0 Å². The summed E-state index contributed by atoms with van der Waals surface area (Å²) >= 11 is 0. The van der Waals surface area contributed by atoms with Crippen LogP contribution in [0.2, 0.25) is 0 Å². The first-order valence-electron chi connectivity index (χ1n) is 7.27. The van der Waals surface area contributed by atoms with Crippen molar-refractivity contribution in [2.75, 3.05) is 11.9 Å². The molecule has 6 nitrogen and oxygen atoms in total. The Morgan fingerprint density at radius 1 is 1.30 bits per heavy atom. The fraction of sp³-hybridized carbons (Fsp3) is 0.294. The Morgan fingerprint density at radius 3 is 2.61 bits per heavy atom. The maximum absolute atomic E-state index is 12.2. The topological polar surface area (TPSA) is 98.3 Å². The van der Waals surface area contributed by atoms with Crippen molar-refractivity contribution < 1.29 is 10.2 Å². The van der Waals surface area contributed by atoms with Crippen molar-refractivity contribution in [1.29, 1.82) is 5.26 Å². The Labute approximate surface area is 134 Å². The van der Waals surface area contributed by atoms with Gasteiger partial charge in [0.05, 0.1) is 13.2 Å². The smallest absolute Gasteiger partial charge is 0.271 e. The summed E-state index contributed by atoms with van der Waals surface area (Å²) in [5.74, 6) is -0.221. The molecule has 0 spiro atoms. The zero-order valence-electron chi connectivity index (χ0n) is 13.1. The van der Waals surface area contributed by atoms with E-state index >= 15 is 0 Å². The molecule has 0 saturated heterocycles. The normalized spacial score (nSPS) is 10.3.